The molecule has 0 aliphatic heterocycles. The standard InChI is InChI=1S/C27H29N5O3/c1-19-4-5-20(17-28-19)6-13-26(34)31-21-7-10-23(11-8-21)35-27-24-12-9-22(32(2)14-3-15-33)16-25(24)29-18-30-27/h4-5,7-12,16-18,33H,3,6,13-15H2,1-2H3,(H,31,34). The van der Waals surface area contributed by atoms with Crippen LogP contribution in [-0.2, 0) is 11.2 Å². The van der Waals surface area contributed by atoms with Gasteiger partial charge in [0, 0.05) is 49.9 Å². The van der Waals surface area contributed by atoms with E-state index < -0.39 is 0 Å². The summed E-state index contributed by atoms with van der Waals surface area (Å²) in [6.07, 6.45) is 5.01. The number of ether oxygens (including phenoxy) is 1. The van der Waals surface area contributed by atoms with E-state index in [0.717, 1.165) is 34.4 Å². The molecule has 0 atom stereocenters. The highest BCUT2D eigenvalue weighted by molar-refractivity contribution is 5.91. The van der Waals surface area contributed by atoms with Gasteiger partial charge in [0.2, 0.25) is 11.8 Å². The lowest BCUT2D eigenvalue weighted by Gasteiger charge is -2.19. The van der Waals surface area contributed by atoms with Crippen LogP contribution in [0.5, 0.6) is 11.6 Å². The first kappa shape index (κ1) is 24.1. The third-order valence-electron chi connectivity index (χ3n) is 5.64. The maximum Gasteiger partial charge on any atom is 0.230 e. The van der Waals surface area contributed by atoms with Crippen LogP contribution in [0, 0.1) is 6.92 Å². The van der Waals surface area contributed by atoms with Crippen LogP contribution in [0.15, 0.2) is 67.1 Å². The molecule has 2 aromatic carbocycles. The van der Waals surface area contributed by atoms with E-state index in [1.54, 1.807) is 24.3 Å². The Morgan fingerprint density at radius 3 is 2.63 bits per heavy atom. The first-order valence-electron chi connectivity index (χ1n) is 11.6. The van der Waals surface area contributed by atoms with Gasteiger partial charge in [-0.2, -0.15) is 0 Å². The Morgan fingerprint density at radius 1 is 1.06 bits per heavy atom. The number of aliphatic hydroxyl groups excluding tert-OH is 1. The number of pyridine rings is 1. The topological polar surface area (TPSA) is 100 Å². The molecule has 2 aromatic heterocycles. The van der Waals surface area contributed by atoms with Gasteiger partial charge in [-0.25, -0.2) is 9.97 Å². The number of rotatable bonds is 10. The van der Waals surface area contributed by atoms with E-state index in [9.17, 15) is 4.79 Å². The molecule has 2 heterocycles. The van der Waals surface area contributed by atoms with E-state index in [1.807, 2.05) is 50.5 Å². The molecular weight excluding hydrogens is 442 g/mol. The molecule has 0 saturated heterocycles. The summed E-state index contributed by atoms with van der Waals surface area (Å²) < 4.78 is 6.01. The van der Waals surface area contributed by atoms with Crippen molar-refractivity contribution < 1.29 is 14.6 Å². The van der Waals surface area contributed by atoms with Crippen molar-refractivity contribution in [1.29, 1.82) is 0 Å². The first-order chi connectivity index (χ1) is 17.0. The van der Waals surface area contributed by atoms with Crippen molar-refractivity contribution in [2.24, 2.45) is 0 Å². The summed E-state index contributed by atoms with van der Waals surface area (Å²) in [4.78, 5) is 27.3. The fraction of sp³-hybridized carbons (Fsp3) is 0.259. The van der Waals surface area contributed by atoms with Crippen molar-refractivity contribution in [2.45, 2.75) is 26.2 Å². The molecule has 1 amide bonds. The van der Waals surface area contributed by atoms with Crippen molar-refractivity contribution in [3.8, 4) is 11.6 Å². The van der Waals surface area contributed by atoms with Gasteiger partial charge in [0.1, 0.15) is 12.1 Å². The van der Waals surface area contributed by atoms with Crippen LogP contribution in [0.25, 0.3) is 10.9 Å². The zero-order valence-electron chi connectivity index (χ0n) is 19.9. The number of carbonyl (C=O) groups excluding carboxylic acids is 1. The molecule has 8 nitrogen and oxygen atoms in total. The lowest BCUT2D eigenvalue weighted by atomic mass is 10.1. The molecule has 0 saturated carbocycles. The monoisotopic (exact) mass is 471 g/mol. The Labute approximate surface area is 204 Å². The third-order valence-corrected chi connectivity index (χ3v) is 5.64. The molecule has 0 aliphatic rings. The molecule has 0 unspecified atom stereocenters. The van der Waals surface area contributed by atoms with Crippen molar-refractivity contribution in [2.75, 3.05) is 30.4 Å². The minimum Gasteiger partial charge on any atom is -0.438 e. The summed E-state index contributed by atoms with van der Waals surface area (Å²) in [5, 5.41) is 12.8. The summed E-state index contributed by atoms with van der Waals surface area (Å²) >= 11 is 0. The molecule has 2 N–H and O–H groups in total. The highest BCUT2D eigenvalue weighted by atomic mass is 16.5. The summed E-state index contributed by atoms with van der Waals surface area (Å²) in [6.45, 7) is 2.85. The van der Waals surface area contributed by atoms with Crippen molar-refractivity contribution in [3.05, 3.63) is 78.4 Å². The quantitative estimate of drug-likeness (QED) is 0.351. The number of carbonyl (C=O) groups is 1. The average Bonchev–Trinajstić information content (AvgIpc) is 2.88. The van der Waals surface area contributed by atoms with Gasteiger partial charge < -0.3 is 20.1 Å². The fourth-order valence-electron chi connectivity index (χ4n) is 3.62. The minimum absolute atomic E-state index is 0.0548. The van der Waals surface area contributed by atoms with E-state index in [1.165, 1.54) is 6.33 Å². The van der Waals surface area contributed by atoms with Gasteiger partial charge in [0.15, 0.2) is 0 Å². The molecule has 35 heavy (non-hydrogen) atoms. The van der Waals surface area contributed by atoms with E-state index in [-0.39, 0.29) is 12.5 Å². The minimum atomic E-state index is -0.0548. The number of hydrogen-bond acceptors (Lipinski definition) is 7. The van der Waals surface area contributed by atoms with Gasteiger partial charge in [0.05, 0.1) is 10.9 Å². The molecule has 0 spiro atoms. The number of nitrogens with one attached hydrogen (secondary N) is 1. The number of nitrogens with zero attached hydrogens (tertiary/aromatic N) is 4. The van der Waals surface area contributed by atoms with Gasteiger partial charge in [-0.05, 0) is 73.9 Å². The Bertz CT molecular complexity index is 1280. The van der Waals surface area contributed by atoms with Gasteiger partial charge in [-0.3, -0.25) is 9.78 Å². The summed E-state index contributed by atoms with van der Waals surface area (Å²) in [7, 11) is 1.98. The highest BCUT2D eigenvalue weighted by Gasteiger charge is 2.10. The summed E-state index contributed by atoms with van der Waals surface area (Å²) in [6, 6.07) is 17.0. The molecule has 180 valence electrons. The Kier molecular flexibility index (Phi) is 7.84. The van der Waals surface area contributed by atoms with Gasteiger partial charge in [-0.1, -0.05) is 6.07 Å². The zero-order chi connectivity index (χ0) is 24.6. The van der Waals surface area contributed by atoms with Crippen LogP contribution >= 0.6 is 0 Å². The average molecular weight is 472 g/mol. The molecule has 8 heteroatoms. The predicted molar refractivity (Wildman–Crippen MR) is 137 cm³/mol. The van der Waals surface area contributed by atoms with Crippen LogP contribution in [0.2, 0.25) is 0 Å². The highest BCUT2D eigenvalue weighted by Crippen LogP contribution is 2.29. The van der Waals surface area contributed by atoms with Crippen LogP contribution in [-0.4, -0.2) is 46.2 Å². The van der Waals surface area contributed by atoms with Crippen molar-refractivity contribution in [3.63, 3.8) is 0 Å². The normalized spacial score (nSPS) is 10.8. The maximum absolute atomic E-state index is 12.3. The van der Waals surface area contributed by atoms with E-state index in [2.05, 4.69) is 25.2 Å². The molecule has 0 bridgehead atoms. The number of benzene rings is 2. The first-order valence-corrected chi connectivity index (χ1v) is 11.6. The van der Waals surface area contributed by atoms with Crippen LogP contribution < -0.4 is 15.0 Å². The lowest BCUT2D eigenvalue weighted by molar-refractivity contribution is -0.116. The molecule has 4 aromatic rings. The maximum atomic E-state index is 12.3. The van der Waals surface area contributed by atoms with Crippen LogP contribution in [0.1, 0.15) is 24.1 Å². The number of aromatic nitrogens is 3. The molecule has 0 fully saturated rings. The number of fused-ring (bicyclic) bond motifs is 1. The Balaban J connectivity index is 1.37. The molecule has 0 radical (unpaired) electrons. The second kappa shape index (κ2) is 11.4. The largest absolute Gasteiger partial charge is 0.438 e. The van der Waals surface area contributed by atoms with Gasteiger partial charge in [-0.15, -0.1) is 0 Å². The number of hydrogen-bond donors (Lipinski definition) is 2. The summed E-state index contributed by atoms with van der Waals surface area (Å²) in [5.41, 5.74) is 4.48. The van der Waals surface area contributed by atoms with Gasteiger partial charge in [0.25, 0.3) is 0 Å². The predicted octanol–water partition coefficient (Wildman–Crippen LogP) is 4.52. The van der Waals surface area contributed by atoms with Crippen LogP contribution in [0.3, 0.4) is 0 Å². The van der Waals surface area contributed by atoms with E-state index >= 15 is 0 Å². The van der Waals surface area contributed by atoms with Crippen molar-refractivity contribution in [1.82, 2.24) is 15.0 Å². The fourth-order valence-corrected chi connectivity index (χ4v) is 3.62. The third kappa shape index (κ3) is 6.51. The van der Waals surface area contributed by atoms with Gasteiger partial charge >= 0.3 is 0 Å². The Morgan fingerprint density at radius 2 is 1.89 bits per heavy atom. The van der Waals surface area contributed by atoms with E-state index in [4.69, 9.17) is 9.84 Å². The Hall–Kier alpha value is -4.04. The molecule has 4 rings (SSSR count). The number of aliphatic hydroxyl groups is 1. The summed E-state index contributed by atoms with van der Waals surface area (Å²) in [5.74, 6) is 1.02. The smallest absolute Gasteiger partial charge is 0.230 e. The number of anilines is 2. The number of amides is 1. The van der Waals surface area contributed by atoms with Crippen LogP contribution in [0.4, 0.5) is 11.4 Å². The molecular formula is C27H29N5O3. The SMILES string of the molecule is Cc1ccc(CCC(=O)Nc2ccc(Oc3ncnc4cc(N(C)CCCO)ccc34)cc2)cn1. The van der Waals surface area contributed by atoms with E-state index in [0.29, 0.717) is 36.6 Å². The lowest BCUT2D eigenvalue weighted by Crippen LogP contribution is -2.19. The van der Waals surface area contributed by atoms with Crippen molar-refractivity contribution >= 4 is 28.2 Å². The zero-order valence-corrected chi connectivity index (χ0v) is 19.9. The number of aryl methyl sites for hydroxylation is 2. The second-order valence-corrected chi connectivity index (χ2v) is 8.36. The molecule has 0 aliphatic carbocycles. The second-order valence-electron chi connectivity index (χ2n) is 8.36.